The summed E-state index contributed by atoms with van der Waals surface area (Å²) < 4.78 is 11.2. The summed E-state index contributed by atoms with van der Waals surface area (Å²) in [6.45, 7) is 4.29. The lowest BCUT2D eigenvalue weighted by Crippen LogP contribution is -2.59. The number of aliphatic hydroxyl groups is 1. The van der Waals surface area contributed by atoms with Crippen LogP contribution in [0.2, 0.25) is 0 Å². The fourth-order valence-corrected chi connectivity index (χ4v) is 8.62. The number of ketones is 1. The molecule has 0 bridgehead atoms. The van der Waals surface area contributed by atoms with E-state index < -0.39 is 35.3 Å². The molecular formula is C27H38O7. The number of hydrogen-bond acceptors (Lipinski definition) is 6. The molecule has 0 aromatic rings. The number of aliphatic hydroxyl groups excluding tert-OH is 1. The molecule has 188 valence electrons. The average Bonchev–Trinajstić information content (AvgIpc) is 3.09. The quantitative estimate of drug-likeness (QED) is 0.565. The molecule has 4 fully saturated rings. The predicted octanol–water partition coefficient (Wildman–Crippen LogP) is 4.80. The smallest absolute Gasteiger partial charge is 0.478 e. The number of allylic oxidation sites excluding steroid dienone is 1. The SMILES string of the molecule is C[C@]12CCC(=O)C=C1CC[C@@H]1[C@@H]2CC[C@@]2(C)[C@H]1CC[C@]2(OC(=O)OC1CCCCC1O)C(=O)O. The molecule has 5 aliphatic rings. The molecule has 0 aromatic carbocycles. The molecule has 0 aromatic heterocycles. The number of carbonyl (C=O) groups is 3. The van der Waals surface area contributed by atoms with Gasteiger partial charge in [0.2, 0.25) is 5.60 Å². The van der Waals surface area contributed by atoms with Gasteiger partial charge in [0.1, 0.15) is 6.10 Å². The molecule has 2 unspecified atom stereocenters. The lowest BCUT2D eigenvalue weighted by atomic mass is 9.46. The molecule has 0 spiro atoms. The molecule has 0 heterocycles. The molecule has 0 aliphatic heterocycles. The zero-order valence-corrected chi connectivity index (χ0v) is 20.4. The Morgan fingerprint density at radius 1 is 0.971 bits per heavy atom. The first-order valence-electron chi connectivity index (χ1n) is 13.2. The Kier molecular flexibility index (Phi) is 5.85. The minimum Gasteiger partial charge on any atom is -0.478 e. The van der Waals surface area contributed by atoms with Crippen LogP contribution in [0.3, 0.4) is 0 Å². The van der Waals surface area contributed by atoms with Crippen LogP contribution in [-0.2, 0) is 19.1 Å². The summed E-state index contributed by atoms with van der Waals surface area (Å²) in [5.74, 6) is 0.0597. The fraction of sp³-hybridized carbons (Fsp3) is 0.815. The highest BCUT2D eigenvalue weighted by Crippen LogP contribution is 2.68. The second-order valence-electron chi connectivity index (χ2n) is 12.0. The number of hydrogen-bond donors (Lipinski definition) is 2. The maximum absolute atomic E-state index is 12.8. The van der Waals surface area contributed by atoms with E-state index >= 15 is 0 Å². The van der Waals surface area contributed by atoms with E-state index in [4.69, 9.17) is 9.47 Å². The van der Waals surface area contributed by atoms with Crippen molar-refractivity contribution in [2.75, 3.05) is 0 Å². The molecule has 0 amide bonds. The highest BCUT2D eigenvalue weighted by molar-refractivity contribution is 5.91. The molecule has 5 rings (SSSR count). The Labute approximate surface area is 201 Å². The molecule has 7 heteroatoms. The number of ether oxygens (including phenoxy) is 2. The summed E-state index contributed by atoms with van der Waals surface area (Å²) in [5, 5.41) is 20.6. The number of rotatable bonds is 3. The highest BCUT2D eigenvalue weighted by Gasteiger charge is 2.69. The van der Waals surface area contributed by atoms with Crippen molar-refractivity contribution in [2.45, 2.75) is 109 Å². The van der Waals surface area contributed by atoms with E-state index in [1.165, 1.54) is 5.57 Å². The molecule has 0 saturated heterocycles. The molecule has 7 nitrogen and oxygen atoms in total. The second kappa shape index (κ2) is 8.35. The second-order valence-corrected chi connectivity index (χ2v) is 12.0. The van der Waals surface area contributed by atoms with Crippen LogP contribution in [0.5, 0.6) is 0 Å². The van der Waals surface area contributed by atoms with Crippen molar-refractivity contribution in [2.24, 2.45) is 28.6 Å². The zero-order valence-electron chi connectivity index (χ0n) is 20.4. The van der Waals surface area contributed by atoms with Crippen LogP contribution < -0.4 is 0 Å². The van der Waals surface area contributed by atoms with Gasteiger partial charge in [0.25, 0.3) is 0 Å². The molecule has 2 N–H and O–H groups in total. The van der Waals surface area contributed by atoms with Crippen molar-refractivity contribution >= 4 is 17.9 Å². The van der Waals surface area contributed by atoms with Crippen LogP contribution in [-0.4, -0.2) is 45.9 Å². The number of carboxylic acids is 1. The number of fused-ring (bicyclic) bond motifs is 5. The summed E-state index contributed by atoms with van der Waals surface area (Å²) in [7, 11) is 0. The minimum absolute atomic E-state index is 0.00351. The first-order valence-corrected chi connectivity index (χ1v) is 13.2. The van der Waals surface area contributed by atoms with Crippen molar-refractivity contribution in [3.05, 3.63) is 11.6 Å². The third-order valence-corrected chi connectivity index (χ3v) is 10.6. The van der Waals surface area contributed by atoms with Crippen LogP contribution >= 0.6 is 0 Å². The van der Waals surface area contributed by atoms with E-state index in [0.29, 0.717) is 43.9 Å². The summed E-state index contributed by atoms with van der Waals surface area (Å²) in [6, 6.07) is 0. The summed E-state index contributed by atoms with van der Waals surface area (Å²) in [4.78, 5) is 37.6. The van der Waals surface area contributed by atoms with Gasteiger partial charge >= 0.3 is 12.1 Å². The molecule has 8 atom stereocenters. The number of carbonyl (C=O) groups excluding carboxylic acids is 2. The van der Waals surface area contributed by atoms with E-state index in [1.807, 2.05) is 13.0 Å². The third kappa shape index (κ3) is 3.44. The zero-order chi connectivity index (χ0) is 24.3. The van der Waals surface area contributed by atoms with Gasteiger partial charge in [-0.2, -0.15) is 0 Å². The highest BCUT2D eigenvalue weighted by atomic mass is 16.7. The maximum Gasteiger partial charge on any atom is 0.509 e. The van der Waals surface area contributed by atoms with Crippen molar-refractivity contribution in [3.63, 3.8) is 0 Å². The van der Waals surface area contributed by atoms with E-state index in [1.54, 1.807) is 0 Å². The lowest BCUT2D eigenvalue weighted by molar-refractivity contribution is -0.189. The van der Waals surface area contributed by atoms with Gasteiger partial charge in [-0.25, -0.2) is 9.59 Å². The fourth-order valence-electron chi connectivity index (χ4n) is 8.62. The summed E-state index contributed by atoms with van der Waals surface area (Å²) in [6.07, 6.45) is 8.28. The average molecular weight is 475 g/mol. The lowest BCUT2D eigenvalue weighted by Gasteiger charge is -2.58. The molecule has 4 saturated carbocycles. The van der Waals surface area contributed by atoms with Gasteiger partial charge in [0.05, 0.1) is 6.10 Å². The van der Waals surface area contributed by atoms with Crippen LogP contribution in [0, 0.1) is 28.6 Å². The summed E-state index contributed by atoms with van der Waals surface area (Å²) >= 11 is 0. The normalized spacial score (nSPS) is 45.9. The molecule has 34 heavy (non-hydrogen) atoms. The first-order chi connectivity index (χ1) is 16.1. The molecule has 0 radical (unpaired) electrons. The van der Waals surface area contributed by atoms with Crippen LogP contribution in [0.1, 0.15) is 90.9 Å². The first kappa shape index (κ1) is 23.8. The van der Waals surface area contributed by atoms with Crippen molar-refractivity contribution < 1.29 is 34.1 Å². The minimum atomic E-state index is -1.61. The van der Waals surface area contributed by atoms with Crippen LogP contribution in [0.25, 0.3) is 0 Å². The van der Waals surface area contributed by atoms with Crippen molar-refractivity contribution in [1.82, 2.24) is 0 Å². The van der Waals surface area contributed by atoms with Gasteiger partial charge < -0.3 is 19.7 Å². The molecular weight excluding hydrogens is 436 g/mol. The van der Waals surface area contributed by atoms with Crippen molar-refractivity contribution in [3.8, 4) is 0 Å². The standard InChI is InChI=1S/C27H38O7/c1-25-12-9-17(28)15-16(25)7-8-18-19(25)10-13-26(2)20(18)11-14-27(26,23(30)31)34-24(32)33-22-6-4-3-5-21(22)29/h15,18-22,29H,3-14H2,1-2H3,(H,30,31)/t18-,19+,20+,21?,22?,25+,26+,27+/m1/s1. The van der Waals surface area contributed by atoms with E-state index in [-0.39, 0.29) is 23.5 Å². The summed E-state index contributed by atoms with van der Waals surface area (Å²) in [5.41, 5.74) is -1.00. The van der Waals surface area contributed by atoms with Gasteiger partial charge in [-0.05, 0) is 93.5 Å². The van der Waals surface area contributed by atoms with Gasteiger partial charge in [-0.1, -0.05) is 25.8 Å². The van der Waals surface area contributed by atoms with E-state index in [2.05, 4.69) is 6.92 Å². The molecule has 5 aliphatic carbocycles. The van der Waals surface area contributed by atoms with Crippen molar-refractivity contribution in [1.29, 1.82) is 0 Å². The van der Waals surface area contributed by atoms with Crippen LogP contribution in [0.15, 0.2) is 11.6 Å². The topological polar surface area (TPSA) is 110 Å². The third-order valence-electron chi connectivity index (χ3n) is 10.6. The Morgan fingerprint density at radius 3 is 2.44 bits per heavy atom. The monoisotopic (exact) mass is 474 g/mol. The van der Waals surface area contributed by atoms with E-state index in [9.17, 15) is 24.6 Å². The number of aliphatic carboxylic acids is 1. The largest absolute Gasteiger partial charge is 0.509 e. The van der Waals surface area contributed by atoms with Gasteiger partial charge in [-0.3, -0.25) is 4.79 Å². The maximum atomic E-state index is 12.8. The predicted molar refractivity (Wildman–Crippen MR) is 123 cm³/mol. The number of carboxylic acid groups (broad SMARTS) is 1. The van der Waals surface area contributed by atoms with E-state index in [0.717, 1.165) is 38.5 Å². The van der Waals surface area contributed by atoms with Gasteiger partial charge in [-0.15, -0.1) is 0 Å². The van der Waals surface area contributed by atoms with Crippen LogP contribution in [0.4, 0.5) is 4.79 Å². The Bertz CT molecular complexity index is 911. The van der Waals surface area contributed by atoms with Gasteiger partial charge in [0.15, 0.2) is 5.78 Å². The van der Waals surface area contributed by atoms with Gasteiger partial charge in [0, 0.05) is 11.8 Å². The Hall–Kier alpha value is -1.89. The Balaban J connectivity index is 1.38. The Morgan fingerprint density at radius 2 is 1.71 bits per heavy atom.